The molecule has 0 nitrogen and oxygen atoms in total. The molecule has 22 heavy (non-hydrogen) atoms. The van der Waals surface area contributed by atoms with Crippen LogP contribution >= 0.6 is 0 Å². The van der Waals surface area contributed by atoms with Gasteiger partial charge in [0.1, 0.15) is 0 Å². The normalized spacial score (nSPS) is 15.4. The molecule has 0 spiro atoms. The maximum absolute atomic E-state index is 2.19. The highest BCUT2D eigenvalue weighted by molar-refractivity contribution is 5.21. The summed E-state index contributed by atoms with van der Waals surface area (Å²) in [6, 6.07) is 0. The van der Waals surface area contributed by atoms with Crippen LogP contribution in [0.25, 0.3) is 0 Å². The SMILES string of the molecule is CC(C)(C)/C=C/C=C/C=C/C=C/C=C/C=C/C=C/C(C)(C)C. The third-order valence-electron chi connectivity index (χ3n) is 2.41. The molecular formula is C22H32. The highest BCUT2D eigenvalue weighted by Gasteiger charge is 2.02. The van der Waals surface area contributed by atoms with Gasteiger partial charge in [0.2, 0.25) is 0 Å². The van der Waals surface area contributed by atoms with Crippen molar-refractivity contribution in [3.63, 3.8) is 0 Å². The summed E-state index contributed by atoms with van der Waals surface area (Å²) in [6.07, 6.45) is 28.9. The average Bonchev–Trinajstić information content (AvgIpc) is 2.36. The van der Waals surface area contributed by atoms with Gasteiger partial charge in [-0.15, -0.1) is 0 Å². The van der Waals surface area contributed by atoms with Crippen LogP contribution in [0, 0.1) is 10.8 Å². The topological polar surface area (TPSA) is 0 Å². The van der Waals surface area contributed by atoms with Crippen molar-refractivity contribution < 1.29 is 0 Å². The molecule has 0 rings (SSSR count). The van der Waals surface area contributed by atoms with Crippen LogP contribution in [0.2, 0.25) is 0 Å². The lowest BCUT2D eigenvalue weighted by Gasteiger charge is -2.09. The Kier molecular flexibility index (Phi) is 9.95. The monoisotopic (exact) mass is 296 g/mol. The van der Waals surface area contributed by atoms with Gasteiger partial charge in [-0.3, -0.25) is 0 Å². The van der Waals surface area contributed by atoms with E-state index < -0.39 is 0 Å². The quantitative estimate of drug-likeness (QED) is 0.464. The van der Waals surface area contributed by atoms with Crippen molar-refractivity contribution in [1.82, 2.24) is 0 Å². The first-order valence-corrected chi connectivity index (χ1v) is 7.91. The summed E-state index contributed by atoms with van der Waals surface area (Å²) in [5.41, 5.74) is 0.489. The zero-order valence-electron chi connectivity index (χ0n) is 15.1. The summed E-state index contributed by atoms with van der Waals surface area (Å²) in [7, 11) is 0. The molecule has 0 heterocycles. The van der Waals surface area contributed by atoms with Crippen molar-refractivity contribution in [1.29, 1.82) is 0 Å². The van der Waals surface area contributed by atoms with Crippen LogP contribution < -0.4 is 0 Å². The van der Waals surface area contributed by atoms with E-state index in [-0.39, 0.29) is 10.8 Å². The molecule has 0 atom stereocenters. The van der Waals surface area contributed by atoms with Gasteiger partial charge in [-0.1, -0.05) is 127 Å². The highest BCUT2D eigenvalue weighted by Crippen LogP contribution is 2.14. The van der Waals surface area contributed by atoms with Crippen LogP contribution in [0.5, 0.6) is 0 Å². The Morgan fingerprint density at radius 2 is 0.500 bits per heavy atom. The zero-order valence-corrected chi connectivity index (χ0v) is 15.1. The third-order valence-corrected chi connectivity index (χ3v) is 2.41. The average molecular weight is 296 g/mol. The van der Waals surface area contributed by atoms with Gasteiger partial charge in [-0.25, -0.2) is 0 Å². The molecule has 0 bridgehead atoms. The minimum Gasteiger partial charge on any atom is -0.0791 e. The van der Waals surface area contributed by atoms with Crippen molar-refractivity contribution in [2.75, 3.05) is 0 Å². The summed E-state index contributed by atoms with van der Waals surface area (Å²) in [5, 5.41) is 0. The smallest absolute Gasteiger partial charge is 0.0200 e. The van der Waals surface area contributed by atoms with Crippen molar-refractivity contribution in [3.05, 3.63) is 85.1 Å². The second-order valence-corrected chi connectivity index (χ2v) is 7.37. The largest absolute Gasteiger partial charge is 0.0791 e. The standard InChI is InChI=1S/C22H32/c1-21(2,3)19-17-15-13-11-9-7-8-10-12-14-16-18-20-22(4,5)6/h7-20H,1-6H3/b8-7+,11-9+,12-10+,15-13+,16-14+,19-17+,20-18+. The van der Waals surface area contributed by atoms with Crippen molar-refractivity contribution in [3.8, 4) is 0 Å². The Bertz CT molecular complexity index is 429. The summed E-state index contributed by atoms with van der Waals surface area (Å²) in [4.78, 5) is 0. The third kappa shape index (κ3) is 18.2. The number of rotatable bonds is 6. The number of hydrogen-bond donors (Lipinski definition) is 0. The molecule has 0 N–H and O–H groups in total. The molecule has 0 aliphatic carbocycles. The van der Waals surface area contributed by atoms with E-state index in [2.05, 4.69) is 78.0 Å². The first-order valence-electron chi connectivity index (χ1n) is 7.91. The van der Waals surface area contributed by atoms with E-state index in [0.717, 1.165) is 0 Å². The Labute approximate surface area is 138 Å². The Morgan fingerprint density at radius 3 is 0.682 bits per heavy atom. The minimum absolute atomic E-state index is 0.244. The molecule has 0 heteroatoms. The fourth-order valence-electron chi connectivity index (χ4n) is 1.33. The van der Waals surface area contributed by atoms with Crippen LogP contribution in [0.15, 0.2) is 85.1 Å². The van der Waals surface area contributed by atoms with Gasteiger partial charge in [0.05, 0.1) is 0 Å². The molecule has 0 radical (unpaired) electrons. The lowest BCUT2D eigenvalue weighted by molar-refractivity contribution is 0.544. The van der Waals surface area contributed by atoms with Crippen LogP contribution in [0.4, 0.5) is 0 Å². The maximum Gasteiger partial charge on any atom is -0.0200 e. The van der Waals surface area contributed by atoms with Crippen LogP contribution in [0.1, 0.15) is 41.5 Å². The molecular weight excluding hydrogens is 264 g/mol. The van der Waals surface area contributed by atoms with E-state index in [4.69, 9.17) is 0 Å². The predicted octanol–water partition coefficient (Wildman–Crippen LogP) is 6.97. The van der Waals surface area contributed by atoms with Gasteiger partial charge in [-0.2, -0.15) is 0 Å². The molecule has 0 aliphatic heterocycles. The summed E-state index contributed by atoms with van der Waals surface area (Å²) < 4.78 is 0. The van der Waals surface area contributed by atoms with Crippen LogP contribution in [0.3, 0.4) is 0 Å². The van der Waals surface area contributed by atoms with E-state index >= 15 is 0 Å². The first kappa shape index (κ1) is 20.2. The number of hydrogen-bond acceptors (Lipinski definition) is 0. The minimum atomic E-state index is 0.244. The molecule has 120 valence electrons. The summed E-state index contributed by atoms with van der Waals surface area (Å²) >= 11 is 0. The second-order valence-electron chi connectivity index (χ2n) is 7.37. The fraction of sp³-hybridized carbons (Fsp3) is 0.364. The van der Waals surface area contributed by atoms with Crippen LogP contribution in [-0.2, 0) is 0 Å². The van der Waals surface area contributed by atoms with Gasteiger partial charge in [0, 0.05) is 0 Å². The van der Waals surface area contributed by atoms with Gasteiger partial charge >= 0.3 is 0 Å². The molecule has 0 aromatic carbocycles. The molecule has 0 aromatic heterocycles. The molecule has 0 fully saturated rings. The zero-order chi connectivity index (χ0) is 16.9. The molecule has 0 aliphatic rings. The Balaban J connectivity index is 4.00. The molecule has 0 amide bonds. The first-order chi connectivity index (χ1) is 10.2. The van der Waals surface area contributed by atoms with Crippen molar-refractivity contribution in [2.24, 2.45) is 10.8 Å². The van der Waals surface area contributed by atoms with Crippen LogP contribution in [-0.4, -0.2) is 0 Å². The van der Waals surface area contributed by atoms with E-state index in [1.54, 1.807) is 0 Å². The van der Waals surface area contributed by atoms with Gasteiger partial charge in [-0.05, 0) is 10.8 Å². The number of allylic oxidation sites excluding steroid dienone is 14. The van der Waals surface area contributed by atoms with Crippen molar-refractivity contribution in [2.45, 2.75) is 41.5 Å². The summed E-state index contributed by atoms with van der Waals surface area (Å²) in [6.45, 7) is 13.1. The van der Waals surface area contributed by atoms with E-state index in [1.165, 1.54) is 0 Å². The Hall–Kier alpha value is -1.82. The fourth-order valence-corrected chi connectivity index (χ4v) is 1.33. The molecule has 0 unspecified atom stereocenters. The lowest BCUT2D eigenvalue weighted by Crippen LogP contribution is -1.97. The lowest BCUT2D eigenvalue weighted by atomic mass is 9.96. The molecule has 0 saturated carbocycles. The predicted molar refractivity (Wildman–Crippen MR) is 103 cm³/mol. The van der Waals surface area contributed by atoms with Crippen molar-refractivity contribution >= 4 is 0 Å². The molecule has 0 aromatic rings. The molecule has 0 saturated heterocycles. The van der Waals surface area contributed by atoms with E-state index in [9.17, 15) is 0 Å². The van der Waals surface area contributed by atoms with Gasteiger partial charge in [0.25, 0.3) is 0 Å². The second kappa shape index (κ2) is 10.8. The van der Waals surface area contributed by atoms with E-state index in [1.807, 2.05) is 48.6 Å². The Morgan fingerprint density at radius 1 is 0.318 bits per heavy atom. The van der Waals surface area contributed by atoms with E-state index in [0.29, 0.717) is 0 Å². The maximum atomic E-state index is 2.19. The van der Waals surface area contributed by atoms with Gasteiger partial charge in [0.15, 0.2) is 0 Å². The van der Waals surface area contributed by atoms with Gasteiger partial charge < -0.3 is 0 Å². The highest BCUT2D eigenvalue weighted by atomic mass is 14.1. The summed E-state index contributed by atoms with van der Waals surface area (Å²) in [5.74, 6) is 0.